The Kier molecular flexibility index (Phi) is 5.35. The van der Waals surface area contributed by atoms with Crippen LogP contribution in [-0.4, -0.2) is 32.3 Å². The van der Waals surface area contributed by atoms with Crippen molar-refractivity contribution in [1.29, 1.82) is 0 Å². The van der Waals surface area contributed by atoms with Crippen LogP contribution in [0, 0.1) is 0 Å². The Bertz CT molecular complexity index is 919. The number of phenols is 1. The molecule has 3 rings (SSSR count). The van der Waals surface area contributed by atoms with E-state index in [0.29, 0.717) is 27.7 Å². The second-order valence-corrected chi connectivity index (χ2v) is 6.33. The van der Waals surface area contributed by atoms with Gasteiger partial charge in [-0.3, -0.25) is 0 Å². The SMILES string of the molecule is O=C(O)COc1cc(Cl)c(Cc2ccc(O)c(-n3ccnc3)c2)c(Cl)c1. The van der Waals surface area contributed by atoms with Gasteiger partial charge >= 0.3 is 5.97 Å². The number of nitrogens with zero attached hydrogens (tertiary/aromatic N) is 2. The van der Waals surface area contributed by atoms with E-state index in [1.807, 2.05) is 6.07 Å². The fraction of sp³-hybridized carbons (Fsp3) is 0.111. The lowest BCUT2D eigenvalue weighted by molar-refractivity contribution is -0.139. The predicted molar refractivity (Wildman–Crippen MR) is 97.6 cm³/mol. The zero-order chi connectivity index (χ0) is 18.7. The van der Waals surface area contributed by atoms with Gasteiger partial charge in [0, 0.05) is 28.9 Å². The van der Waals surface area contributed by atoms with Gasteiger partial charge < -0.3 is 19.5 Å². The van der Waals surface area contributed by atoms with Crippen molar-refractivity contribution in [2.75, 3.05) is 6.61 Å². The summed E-state index contributed by atoms with van der Waals surface area (Å²) in [5.41, 5.74) is 2.15. The molecule has 0 bridgehead atoms. The third-order valence-corrected chi connectivity index (χ3v) is 4.35. The number of aliphatic carboxylic acids is 1. The molecule has 0 aliphatic heterocycles. The summed E-state index contributed by atoms with van der Waals surface area (Å²) in [6.45, 7) is -0.474. The van der Waals surface area contributed by atoms with Crippen molar-refractivity contribution < 1.29 is 19.7 Å². The number of hydrogen-bond donors (Lipinski definition) is 2. The van der Waals surface area contributed by atoms with Crippen LogP contribution in [0.25, 0.3) is 5.69 Å². The summed E-state index contributed by atoms with van der Waals surface area (Å²) < 4.78 is 6.81. The molecule has 2 aromatic carbocycles. The van der Waals surface area contributed by atoms with E-state index in [1.165, 1.54) is 12.1 Å². The first-order chi connectivity index (χ1) is 12.4. The van der Waals surface area contributed by atoms with Gasteiger partial charge in [-0.2, -0.15) is 0 Å². The van der Waals surface area contributed by atoms with E-state index in [1.54, 1.807) is 35.4 Å². The zero-order valence-electron chi connectivity index (χ0n) is 13.4. The average molecular weight is 393 g/mol. The van der Waals surface area contributed by atoms with E-state index in [-0.39, 0.29) is 11.5 Å². The van der Waals surface area contributed by atoms with Crippen molar-refractivity contribution in [3.05, 3.63) is 70.2 Å². The van der Waals surface area contributed by atoms with Gasteiger partial charge in [0.25, 0.3) is 0 Å². The maximum Gasteiger partial charge on any atom is 0.341 e. The highest BCUT2D eigenvalue weighted by atomic mass is 35.5. The van der Waals surface area contributed by atoms with Gasteiger partial charge in [0.1, 0.15) is 11.5 Å². The minimum Gasteiger partial charge on any atom is -0.506 e. The van der Waals surface area contributed by atoms with Crippen LogP contribution in [0.2, 0.25) is 10.0 Å². The molecule has 0 spiro atoms. The Labute approximate surface area is 159 Å². The third-order valence-electron chi connectivity index (χ3n) is 3.68. The maximum absolute atomic E-state index is 10.6. The molecule has 0 saturated carbocycles. The lowest BCUT2D eigenvalue weighted by atomic mass is 10.0. The molecule has 6 nitrogen and oxygen atoms in total. The van der Waals surface area contributed by atoms with Crippen molar-refractivity contribution in [1.82, 2.24) is 9.55 Å². The van der Waals surface area contributed by atoms with Gasteiger partial charge in [-0.05, 0) is 35.4 Å². The molecular weight excluding hydrogens is 379 g/mol. The fourth-order valence-corrected chi connectivity index (χ4v) is 3.07. The predicted octanol–water partition coefficient (Wildman–Crippen LogP) is 3.94. The Morgan fingerprint density at radius 1 is 1.19 bits per heavy atom. The molecule has 0 saturated heterocycles. The number of halogens is 2. The van der Waals surface area contributed by atoms with Crippen LogP contribution in [0.15, 0.2) is 49.1 Å². The van der Waals surface area contributed by atoms with Crippen molar-refractivity contribution in [3.63, 3.8) is 0 Å². The quantitative estimate of drug-likeness (QED) is 0.663. The highest BCUT2D eigenvalue weighted by Crippen LogP contribution is 2.33. The maximum atomic E-state index is 10.6. The van der Waals surface area contributed by atoms with Gasteiger partial charge in [-0.15, -0.1) is 0 Å². The third kappa shape index (κ3) is 4.09. The first-order valence-electron chi connectivity index (χ1n) is 7.57. The van der Waals surface area contributed by atoms with Gasteiger partial charge in [0.15, 0.2) is 6.61 Å². The first-order valence-corrected chi connectivity index (χ1v) is 8.32. The minimum absolute atomic E-state index is 0.126. The van der Waals surface area contributed by atoms with E-state index in [0.717, 1.165) is 5.56 Å². The highest BCUT2D eigenvalue weighted by Gasteiger charge is 2.13. The molecule has 0 radical (unpaired) electrons. The van der Waals surface area contributed by atoms with Crippen LogP contribution in [0.5, 0.6) is 11.5 Å². The molecule has 0 aliphatic carbocycles. The molecule has 0 atom stereocenters. The van der Waals surface area contributed by atoms with Crippen LogP contribution < -0.4 is 4.74 Å². The topological polar surface area (TPSA) is 84.6 Å². The lowest BCUT2D eigenvalue weighted by Gasteiger charge is -2.12. The van der Waals surface area contributed by atoms with Crippen molar-refractivity contribution in [2.24, 2.45) is 0 Å². The molecule has 1 heterocycles. The monoisotopic (exact) mass is 392 g/mol. The van der Waals surface area contributed by atoms with Crippen LogP contribution in [0.4, 0.5) is 0 Å². The number of carbonyl (C=O) groups is 1. The molecule has 2 N–H and O–H groups in total. The molecule has 0 unspecified atom stereocenters. The number of benzene rings is 2. The van der Waals surface area contributed by atoms with E-state index in [4.69, 9.17) is 33.0 Å². The Balaban J connectivity index is 1.87. The van der Waals surface area contributed by atoms with Crippen LogP contribution >= 0.6 is 23.2 Å². The van der Waals surface area contributed by atoms with E-state index in [2.05, 4.69) is 4.98 Å². The summed E-state index contributed by atoms with van der Waals surface area (Å²) in [6, 6.07) is 8.25. The number of hydrogen-bond acceptors (Lipinski definition) is 4. The number of ether oxygens (including phenoxy) is 1. The second kappa shape index (κ2) is 7.68. The Morgan fingerprint density at radius 2 is 1.92 bits per heavy atom. The number of imidazole rings is 1. The average Bonchev–Trinajstić information content (AvgIpc) is 3.12. The Hall–Kier alpha value is -2.70. The summed E-state index contributed by atoms with van der Waals surface area (Å²) in [5.74, 6) is -0.672. The summed E-state index contributed by atoms with van der Waals surface area (Å²) in [5, 5.41) is 19.5. The second-order valence-electron chi connectivity index (χ2n) is 5.52. The molecule has 3 aromatic rings. The van der Waals surface area contributed by atoms with Crippen molar-refractivity contribution in [2.45, 2.75) is 6.42 Å². The Morgan fingerprint density at radius 3 is 2.54 bits per heavy atom. The van der Waals surface area contributed by atoms with E-state index >= 15 is 0 Å². The van der Waals surface area contributed by atoms with Gasteiger partial charge in [-0.25, -0.2) is 9.78 Å². The normalized spacial score (nSPS) is 10.7. The fourth-order valence-electron chi connectivity index (χ4n) is 2.47. The van der Waals surface area contributed by atoms with Crippen LogP contribution in [0.1, 0.15) is 11.1 Å². The summed E-state index contributed by atoms with van der Waals surface area (Å²) in [6.07, 6.45) is 5.37. The van der Waals surface area contributed by atoms with Gasteiger partial charge in [0.05, 0.1) is 12.0 Å². The number of carboxylic acids is 1. The summed E-state index contributed by atoms with van der Waals surface area (Å²) in [7, 11) is 0. The lowest BCUT2D eigenvalue weighted by Crippen LogP contribution is -2.09. The first kappa shape index (κ1) is 18.1. The molecule has 134 valence electrons. The summed E-state index contributed by atoms with van der Waals surface area (Å²) >= 11 is 12.6. The highest BCUT2D eigenvalue weighted by molar-refractivity contribution is 6.36. The van der Waals surface area contributed by atoms with Crippen LogP contribution in [-0.2, 0) is 11.2 Å². The minimum atomic E-state index is -1.09. The number of phenolic OH excluding ortho intramolecular Hbond substituents is 1. The van der Waals surface area contributed by atoms with Crippen LogP contribution in [0.3, 0.4) is 0 Å². The van der Waals surface area contributed by atoms with Gasteiger partial charge in [-0.1, -0.05) is 29.3 Å². The number of carboxylic acid groups (broad SMARTS) is 1. The molecule has 0 aliphatic rings. The standard InChI is InChI=1S/C18H14Cl2N2O4/c19-14-7-12(26-9-18(24)25)8-15(20)13(14)5-11-1-2-17(23)16(6-11)22-4-3-21-10-22/h1-4,6-8,10,23H,5,9H2,(H,24,25). The molecule has 0 fully saturated rings. The summed E-state index contributed by atoms with van der Waals surface area (Å²) in [4.78, 5) is 14.6. The van der Waals surface area contributed by atoms with Crippen molar-refractivity contribution in [3.8, 4) is 17.2 Å². The number of rotatable bonds is 6. The smallest absolute Gasteiger partial charge is 0.341 e. The molecule has 0 amide bonds. The molecule has 1 aromatic heterocycles. The van der Waals surface area contributed by atoms with Gasteiger partial charge in [0.2, 0.25) is 0 Å². The van der Waals surface area contributed by atoms with E-state index in [9.17, 15) is 9.90 Å². The number of aromatic hydroxyl groups is 1. The number of aromatic nitrogens is 2. The molecule has 26 heavy (non-hydrogen) atoms. The molecular formula is C18H14Cl2N2O4. The van der Waals surface area contributed by atoms with Crippen molar-refractivity contribution >= 4 is 29.2 Å². The largest absolute Gasteiger partial charge is 0.506 e. The zero-order valence-corrected chi connectivity index (χ0v) is 14.9. The van der Waals surface area contributed by atoms with E-state index < -0.39 is 12.6 Å². The molecule has 8 heteroatoms.